The van der Waals surface area contributed by atoms with Gasteiger partial charge in [-0.3, -0.25) is 4.79 Å². The van der Waals surface area contributed by atoms with Crippen LogP contribution in [0.5, 0.6) is 5.75 Å². The van der Waals surface area contributed by atoms with Crippen LogP contribution < -0.4 is 4.74 Å². The van der Waals surface area contributed by atoms with E-state index < -0.39 is 24.2 Å². The Morgan fingerprint density at radius 2 is 1.58 bits per heavy atom. The Morgan fingerprint density at radius 3 is 1.95 bits per heavy atom. The molecular formula is C11H8F6O2. The van der Waals surface area contributed by atoms with Crippen molar-refractivity contribution in [2.24, 2.45) is 0 Å². The van der Waals surface area contributed by atoms with Crippen LogP contribution in [-0.2, 0) is 0 Å². The Hall–Kier alpha value is -1.73. The number of Topliss-reactive ketones (excluding diaryl/α,β-unsaturated/α-hetero) is 1. The summed E-state index contributed by atoms with van der Waals surface area (Å²) < 4.78 is 77.5. The molecule has 0 aromatic heterocycles. The van der Waals surface area contributed by atoms with Crippen LogP contribution in [0.3, 0.4) is 0 Å². The zero-order valence-electron chi connectivity index (χ0n) is 9.47. The van der Waals surface area contributed by atoms with Crippen LogP contribution in [0.15, 0.2) is 24.3 Å². The van der Waals surface area contributed by atoms with Crippen LogP contribution in [0.25, 0.3) is 0 Å². The van der Waals surface area contributed by atoms with Gasteiger partial charge in [-0.2, -0.15) is 22.0 Å². The predicted molar refractivity (Wildman–Crippen MR) is 53.0 cm³/mol. The third kappa shape index (κ3) is 3.87. The molecule has 1 atom stereocenters. The summed E-state index contributed by atoms with van der Waals surface area (Å²) in [5, 5.41) is 0. The molecule has 8 heteroatoms. The lowest BCUT2D eigenvalue weighted by Crippen LogP contribution is -2.45. The summed E-state index contributed by atoms with van der Waals surface area (Å²) in [5.74, 6) is -1.04. The number of ether oxygens (including phenoxy) is 1. The van der Waals surface area contributed by atoms with Crippen molar-refractivity contribution in [1.29, 1.82) is 0 Å². The van der Waals surface area contributed by atoms with E-state index >= 15 is 0 Å². The first-order chi connectivity index (χ1) is 8.54. The van der Waals surface area contributed by atoms with Gasteiger partial charge >= 0.3 is 12.3 Å². The van der Waals surface area contributed by atoms with Crippen LogP contribution in [0.4, 0.5) is 26.3 Å². The standard InChI is InChI=1S/C11H8F6O2/c1-6(18)7-2-4-8(5-3-7)19-11(16,17)9(12)10(13,14)15/h2-5,9H,1H3/t9-/m0/s1. The van der Waals surface area contributed by atoms with Gasteiger partial charge in [-0.05, 0) is 31.2 Å². The van der Waals surface area contributed by atoms with Gasteiger partial charge in [0.1, 0.15) is 5.75 Å². The van der Waals surface area contributed by atoms with Crippen LogP contribution in [0, 0.1) is 0 Å². The molecular weight excluding hydrogens is 278 g/mol. The first-order valence-electron chi connectivity index (χ1n) is 4.92. The van der Waals surface area contributed by atoms with E-state index in [4.69, 9.17) is 0 Å². The van der Waals surface area contributed by atoms with Crippen molar-refractivity contribution >= 4 is 5.78 Å². The van der Waals surface area contributed by atoms with Gasteiger partial charge in [0.25, 0.3) is 6.17 Å². The lowest BCUT2D eigenvalue weighted by molar-refractivity contribution is -0.304. The summed E-state index contributed by atoms with van der Waals surface area (Å²) in [7, 11) is 0. The second-order valence-electron chi connectivity index (χ2n) is 3.65. The number of rotatable bonds is 4. The zero-order chi connectivity index (χ0) is 14.8. The van der Waals surface area contributed by atoms with E-state index in [9.17, 15) is 31.1 Å². The molecule has 0 aliphatic heterocycles. The molecule has 106 valence electrons. The molecule has 2 nitrogen and oxygen atoms in total. The third-order valence-corrected chi connectivity index (χ3v) is 2.10. The first-order valence-corrected chi connectivity index (χ1v) is 4.92. The molecule has 0 saturated carbocycles. The Kier molecular flexibility index (Phi) is 4.12. The largest absolute Gasteiger partial charge is 0.439 e. The Bertz CT molecular complexity index is 451. The minimum absolute atomic E-state index is 0.156. The van der Waals surface area contributed by atoms with Crippen molar-refractivity contribution in [3.63, 3.8) is 0 Å². The Balaban J connectivity index is 2.86. The highest BCUT2D eigenvalue weighted by atomic mass is 19.4. The fourth-order valence-electron chi connectivity index (χ4n) is 1.16. The van der Waals surface area contributed by atoms with Crippen LogP contribution >= 0.6 is 0 Å². The number of alkyl halides is 6. The van der Waals surface area contributed by atoms with Crippen molar-refractivity contribution in [1.82, 2.24) is 0 Å². The molecule has 0 unspecified atom stereocenters. The molecule has 1 aromatic carbocycles. The monoisotopic (exact) mass is 286 g/mol. The number of ketones is 1. The molecule has 0 amide bonds. The molecule has 0 fully saturated rings. The maximum atomic E-state index is 12.9. The summed E-state index contributed by atoms with van der Waals surface area (Å²) in [6.07, 6.45) is -15.2. The topological polar surface area (TPSA) is 26.3 Å². The average molecular weight is 286 g/mol. The number of benzene rings is 1. The quantitative estimate of drug-likeness (QED) is 0.622. The minimum atomic E-state index is -5.73. The lowest BCUT2D eigenvalue weighted by Gasteiger charge is -2.23. The van der Waals surface area contributed by atoms with E-state index in [-0.39, 0.29) is 11.3 Å². The molecule has 0 heterocycles. The van der Waals surface area contributed by atoms with E-state index in [0.717, 1.165) is 24.3 Å². The fraction of sp³-hybridized carbons (Fsp3) is 0.364. The SMILES string of the molecule is CC(=O)c1ccc(OC(F)(F)[C@@H](F)C(F)(F)F)cc1. The number of carbonyl (C=O) groups is 1. The molecule has 0 bridgehead atoms. The fourth-order valence-corrected chi connectivity index (χ4v) is 1.16. The Morgan fingerprint density at radius 1 is 1.11 bits per heavy atom. The normalized spacial score (nSPS) is 14.1. The Labute approximate surface area is 104 Å². The molecule has 1 aromatic rings. The van der Waals surface area contributed by atoms with Crippen molar-refractivity contribution in [2.75, 3.05) is 0 Å². The first kappa shape index (κ1) is 15.3. The molecule has 19 heavy (non-hydrogen) atoms. The average Bonchev–Trinajstić information content (AvgIpc) is 2.27. The van der Waals surface area contributed by atoms with Gasteiger partial charge in [0, 0.05) is 5.56 Å². The van der Waals surface area contributed by atoms with Crippen molar-refractivity contribution in [2.45, 2.75) is 25.4 Å². The molecule has 1 rings (SSSR count). The van der Waals surface area contributed by atoms with E-state index in [1.807, 2.05) is 0 Å². The van der Waals surface area contributed by atoms with Gasteiger partial charge in [0.2, 0.25) is 0 Å². The molecule has 0 aliphatic rings. The lowest BCUT2D eigenvalue weighted by atomic mass is 10.1. The second kappa shape index (κ2) is 5.10. The van der Waals surface area contributed by atoms with E-state index in [0.29, 0.717) is 0 Å². The molecule has 0 spiro atoms. The predicted octanol–water partition coefficient (Wildman–Crippen LogP) is 3.76. The van der Waals surface area contributed by atoms with Gasteiger partial charge in [-0.25, -0.2) is 4.39 Å². The van der Waals surface area contributed by atoms with Crippen molar-refractivity contribution < 1.29 is 35.9 Å². The molecule has 0 radical (unpaired) electrons. The van der Waals surface area contributed by atoms with Crippen LogP contribution in [0.1, 0.15) is 17.3 Å². The number of halogens is 6. The summed E-state index contributed by atoms with van der Waals surface area (Å²) >= 11 is 0. The number of hydrogen-bond acceptors (Lipinski definition) is 2. The number of hydrogen-bond donors (Lipinski definition) is 0. The van der Waals surface area contributed by atoms with Crippen LogP contribution in [0.2, 0.25) is 0 Å². The van der Waals surface area contributed by atoms with Gasteiger partial charge in [0.05, 0.1) is 0 Å². The van der Waals surface area contributed by atoms with Crippen LogP contribution in [-0.4, -0.2) is 24.2 Å². The molecule has 0 N–H and O–H groups in total. The maximum absolute atomic E-state index is 12.9. The van der Waals surface area contributed by atoms with Crippen molar-refractivity contribution in [3.8, 4) is 5.75 Å². The van der Waals surface area contributed by atoms with Gasteiger partial charge < -0.3 is 4.74 Å². The second-order valence-corrected chi connectivity index (χ2v) is 3.65. The maximum Gasteiger partial charge on any atom is 0.439 e. The van der Waals surface area contributed by atoms with Gasteiger partial charge in [-0.15, -0.1) is 0 Å². The minimum Gasteiger partial charge on any atom is -0.430 e. The van der Waals surface area contributed by atoms with E-state index in [1.54, 1.807) is 0 Å². The summed E-state index contributed by atoms with van der Waals surface area (Å²) in [6, 6.07) is 3.87. The highest BCUT2D eigenvalue weighted by Gasteiger charge is 2.59. The third-order valence-electron chi connectivity index (χ3n) is 2.10. The summed E-state index contributed by atoms with van der Waals surface area (Å²) in [4.78, 5) is 10.9. The van der Waals surface area contributed by atoms with Crippen molar-refractivity contribution in [3.05, 3.63) is 29.8 Å². The van der Waals surface area contributed by atoms with Gasteiger partial charge in [-0.1, -0.05) is 0 Å². The highest BCUT2D eigenvalue weighted by Crippen LogP contribution is 2.36. The zero-order valence-corrected chi connectivity index (χ0v) is 9.47. The molecule has 0 aliphatic carbocycles. The van der Waals surface area contributed by atoms with Gasteiger partial charge in [0.15, 0.2) is 5.78 Å². The number of carbonyl (C=O) groups excluding carboxylic acids is 1. The highest BCUT2D eigenvalue weighted by molar-refractivity contribution is 5.94. The summed E-state index contributed by atoms with van der Waals surface area (Å²) in [5.41, 5.74) is 0.156. The van der Waals surface area contributed by atoms with E-state index in [1.165, 1.54) is 6.92 Å². The summed E-state index contributed by atoms with van der Waals surface area (Å²) in [6.45, 7) is 1.21. The molecule has 0 saturated heterocycles. The smallest absolute Gasteiger partial charge is 0.430 e. The van der Waals surface area contributed by atoms with E-state index in [2.05, 4.69) is 4.74 Å².